The number of pyridine rings is 1. The molecule has 0 aliphatic rings. The lowest BCUT2D eigenvalue weighted by molar-refractivity contribution is -0.117. The maximum absolute atomic E-state index is 12.5. The molecule has 136 valence electrons. The van der Waals surface area contributed by atoms with Gasteiger partial charge in [-0.2, -0.15) is 0 Å². The molecule has 0 aliphatic heterocycles. The van der Waals surface area contributed by atoms with Crippen LogP contribution in [0.15, 0.2) is 60.8 Å². The predicted molar refractivity (Wildman–Crippen MR) is 101 cm³/mol. The highest BCUT2D eigenvalue weighted by atomic mass is 16.2. The Balaban J connectivity index is 1.63. The lowest BCUT2D eigenvalue weighted by Gasteiger charge is -2.08. The van der Waals surface area contributed by atoms with Crippen molar-refractivity contribution >= 4 is 28.5 Å². The molecule has 3 aromatic rings. The van der Waals surface area contributed by atoms with Gasteiger partial charge in [0.1, 0.15) is 5.69 Å². The fraction of sp³-hybridized carbons (Fsp3) is 0.100. The van der Waals surface area contributed by atoms with Crippen LogP contribution in [0.3, 0.4) is 0 Å². The molecule has 0 saturated heterocycles. The van der Waals surface area contributed by atoms with Crippen LogP contribution in [0.25, 0.3) is 10.8 Å². The van der Waals surface area contributed by atoms with Gasteiger partial charge in [-0.3, -0.25) is 19.4 Å². The van der Waals surface area contributed by atoms with Crippen molar-refractivity contribution in [2.45, 2.75) is 6.54 Å². The second-order valence-corrected chi connectivity index (χ2v) is 5.91. The fourth-order valence-electron chi connectivity index (χ4n) is 2.61. The molecule has 7 heteroatoms. The number of amides is 3. The third-order valence-electron chi connectivity index (χ3n) is 3.98. The molecule has 3 amide bonds. The normalized spacial score (nSPS) is 10.4. The Bertz CT molecular complexity index is 994. The van der Waals surface area contributed by atoms with Crippen LogP contribution in [0, 0.1) is 0 Å². The van der Waals surface area contributed by atoms with E-state index in [1.165, 1.54) is 0 Å². The Morgan fingerprint density at radius 1 is 0.889 bits per heavy atom. The topological polar surface area (TPSA) is 114 Å². The Morgan fingerprint density at radius 3 is 2.37 bits per heavy atom. The Labute approximate surface area is 155 Å². The number of carbonyl (C=O) groups excluding carboxylic acids is 3. The highest BCUT2D eigenvalue weighted by Crippen LogP contribution is 2.16. The molecule has 0 bridgehead atoms. The van der Waals surface area contributed by atoms with Crippen molar-refractivity contribution < 1.29 is 14.4 Å². The number of fused-ring (bicyclic) bond motifs is 1. The first-order valence-corrected chi connectivity index (χ1v) is 8.32. The van der Waals surface area contributed by atoms with E-state index in [0.717, 1.165) is 16.3 Å². The van der Waals surface area contributed by atoms with Crippen molar-refractivity contribution in [2.24, 2.45) is 5.73 Å². The predicted octanol–water partition coefficient (Wildman–Crippen LogP) is 1.38. The number of benzene rings is 2. The number of carbonyl (C=O) groups is 3. The Hall–Kier alpha value is -3.74. The zero-order valence-corrected chi connectivity index (χ0v) is 14.4. The minimum Gasteiger partial charge on any atom is -0.368 e. The minimum atomic E-state index is -0.607. The molecule has 1 heterocycles. The van der Waals surface area contributed by atoms with Crippen molar-refractivity contribution in [3.05, 3.63) is 77.6 Å². The van der Waals surface area contributed by atoms with Crippen LogP contribution in [-0.4, -0.2) is 29.3 Å². The molecule has 27 heavy (non-hydrogen) atoms. The summed E-state index contributed by atoms with van der Waals surface area (Å²) in [5.74, 6) is -1.26. The van der Waals surface area contributed by atoms with Gasteiger partial charge in [-0.05, 0) is 29.1 Å². The fourth-order valence-corrected chi connectivity index (χ4v) is 2.61. The van der Waals surface area contributed by atoms with Crippen LogP contribution < -0.4 is 16.4 Å². The van der Waals surface area contributed by atoms with Crippen LogP contribution in [0.5, 0.6) is 0 Å². The van der Waals surface area contributed by atoms with E-state index in [2.05, 4.69) is 15.6 Å². The van der Waals surface area contributed by atoms with Crippen molar-refractivity contribution in [3.8, 4) is 0 Å². The summed E-state index contributed by atoms with van der Waals surface area (Å²) in [6, 6.07) is 16.1. The lowest BCUT2D eigenvalue weighted by Crippen LogP contribution is -2.33. The minimum absolute atomic E-state index is 0.214. The number of nitrogens with zero attached hydrogens (tertiary/aromatic N) is 1. The molecule has 0 saturated carbocycles. The van der Waals surface area contributed by atoms with Gasteiger partial charge in [0.25, 0.3) is 11.8 Å². The summed E-state index contributed by atoms with van der Waals surface area (Å²) in [7, 11) is 0. The number of nitrogens with one attached hydrogen (secondary N) is 2. The van der Waals surface area contributed by atoms with Crippen molar-refractivity contribution in [1.82, 2.24) is 15.6 Å². The monoisotopic (exact) mass is 362 g/mol. The molecule has 2 aromatic carbocycles. The number of nitrogens with two attached hydrogens (primary N) is 1. The Kier molecular flexibility index (Phi) is 5.41. The standard InChI is InChI=1S/C20H18N4O3/c21-17(25)12-24-19(26)15-7-5-13(6-8-15)11-23-20(27)18-16-4-2-1-3-14(16)9-10-22-18/h1-10H,11-12H2,(H2,21,25)(H,23,27)(H,24,26). The molecule has 1 aromatic heterocycles. The van der Waals surface area contributed by atoms with E-state index in [4.69, 9.17) is 5.73 Å². The first-order chi connectivity index (χ1) is 13.0. The maximum Gasteiger partial charge on any atom is 0.270 e. The van der Waals surface area contributed by atoms with E-state index >= 15 is 0 Å². The van der Waals surface area contributed by atoms with Gasteiger partial charge in [0.15, 0.2) is 0 Å². The largest absolute Gasteiger partial charge is 0.368 e. The first-order valence-electron chi connectivity index (χ1n) is 8.32. The van der Waals surface area contributed by atoms with Crippen LogP contribution in [0.4, 0.5) is 0 Å². The third-order valence-corrected chi connectivity index (χ3v) is 3.98. The SMILES string of the molecule is NC(=O)CNC(=O)c1ccc(CNC(=O)c2nccc3ccccc23)cc1. The molecule has 7 nitrogen and oxygen atoms in total. The second-order valence-electron chi connectivity index (χ2n) is 5.91. The van der Waals surface area contributed by atoms with E-state index in [1.807, 2.05) is 30.3 Å². The van der Waals surface area contributed by atoms with Gasteiger partial charge in [0.05, 0.1) is 6.54 Å². The maximum atomic E-state index is 12.5. The highest BCUT2D eigenvalue weighted by molar-refractivity contribution is 6.05. The third kappa shape index (κ3) is 4.46. The summed E-state index contributed by atoms with van der Waals surface area (Å²) in [5.41, 5.74) is 6.60. The summed E-state index contributed by atoms with van der Waals surface area (Å²) in [4.78, 5) is 39.2. The molecule has 0 atom stereocenters. The summed E-state index contributed by atoms with van der Waals surface area (Å²) in [5, 5.41) is 6.99. The van der Waals surface area contributed by atoms with Gasteiger partial charge >= 0.3 is 0 Å². The van der Waals surface area contributed by atoms with E-state index in [1.54, 1.807) is 30.5 Å². The van der Waals surface area contributed by atoms with Crippen molar-refractivity contribution in [3.63, 3.8) is 0 Å². The van der Waals surface area contributed by atoms with Crippen molar-refractivity contribution in [1.29, 1.82) is 0 Å². The lowest BCUT2D eigenvalue weighted by atomic mass is 10.1. The summed E-state index contributed by atoms with van der Waals surface area (Å²) >= 11 is 0. The van der Waals surface area contributed by atoms with Crippen LogP contribution in [0.2, 0.25) is 0 Å². The zero-order valence-electron chi connectivity index (χ0n) is 14.4. The van der Waals surface area contributed by atoms with Crippen LogP contribution >= 0.6 is 0 Å². The van der Waals surface area contributed by atoms with Crippen molar-refractivity contribution in [2.75, 3.05) is 6.54 Å². The highest BCUT2D eigenvalue weighted by Gasteiger charge is 2.11. The van der Waals surface area contributed by atoms with Gasteiger partial charge in [-0.15, -0.1) is 0 Å². The molecule has 0 unspecified atom stereocenters. The average Bonchev–Trinajstić information content (AvgIpc) is 2.70. The quantitative estimate of drug-likeness (QED) is 0.614. The molecule has 0 aliphatic carbocycles. The van der Waals surface area contributed by atoms with Gasteiger partial charge in [-0.25, -0.2) is 0 Å². The molecule has 4 N–H and O–H groups in total. The zero-order chi connectivity index (χ0) is 19.2. The second kappa shape index (κ2) is 8.09. The Morgan fingerprint density at radius 2 is 1.63 bits per heavy atom. The average molecular weight is 362 g/mol. The molecule has 0 radical (unpaired) electrons. The van der Waals surface area contributed by atoms with Gasteiger partial charge in [0, 0.05) is 23.7 Å². The van der Waals surface area contributed by atoms with E-state index in [0.29, 0.717) is 17.8 Å². The molecular formula is C20H18N4O3. The summed E-state index contributed by atoms with van der Waals surface area (Å²) in [6.45, 7) is 0.0849. The molecule has 0 spiro atoms. The summed E-state index contributed by atoms with van der Waals surface area (Å²) < 4.78 is 0. The number of hydrogen-bond acceptors (Lipinski definition) is 4. The van der Waals surface area contributed by atoms with Gasteiger partial charge in [0.2, 0.25) is 5.91 Å². The smallest absolute Gasteiger partial charge is 0.270 e. The van der Waals surface area contributed by atoms with E-state index < -0.39 is 5.91 Å². The molecule has 3 rings (SSSR count). The number of primary amides is 1. The van der Waals surface area contributed by atoms with Crippen LogP contribution in [0.1, 0.15) is 26.4 Å². The number of aromatic nitrogens is 1. The molecule has 0 fully saturated rings. The summed E-state index contributed by atoms with van der Waals surface area (Å²) in [6.07, 6.45) is 1.61. The molecular weight excluding hydrogens is 344 g/mol. The van der Waals surface area contributed by atoms with Gasteiger partial charge in [-0.1, -0.05) is 36.4 Å². The van der Waals surface area contributed by atoms with E-state index in [9.17, 15) is 14.4 Å². The van der Waals surface area contributed by atoms with E-state index in [-0.39, 0.29) is 18.4 Å². The number of hydrogen-bond donors (Lipinski definition) is 3. The van der Waals surface area contributed by atoms with Crippen LogP contribution in [-0.2, 0) is 11.3 Å². The van der Waals surface area contributed by atoms with Gasteiger partial charge < -0.3 is 16.4 Å². The number of rotatable bonds is 6. The first kappa shape index (κ1) is 18.1.